The average molecular weight is 284 g/mol. The quantitative estimate of drug-likeness (QED) is 0.887. The van der Waals surface area contributed by atoms with Gasteiger partial charge in [-0.25, -0.2) is 0 Å². The number of carbonyl (C=O) groups is 1. The van der Waals surface area contributed by atoms with E-state index < -0.39 is 0 Å². The number of rotatable bonds is 5. The summed E-state index contributed by atoms with van der Waals surface area (Å²) in [5, 5.41) is 2.97. The van der Waals surface area contributed by atoms with E-state index in [1.807, 2.05) is 43.3 Å². The van der Waals surface area contributed by atoms with Gasteiger partial charge < -0.3 is 15.8 Å². The van der Waals surface area contributed by atoms with Crippen LogP contribution in [-0.4, -0.2) is 13.0 Å². The van der Waals surface area contributed by atoms with Crippen LogP contribution in [0.1, 0.15) is 34.5 Å². The molecule has 2 aromatic carbocycles. The van der Waals surface area contributed by atoms with Crippen LogP contribution < -0.4 is 15.8 Å². The molecule has 0 aliphatic heterocycles. The van der Waals surface area contributed by atoms with Crippen LogP contribution in [0.2, 0.25) is 0 Å². The topological polar surface area (TPSA) is 64.3 Å². The molecule has 0 saturated carbocycles. The molecular weight excluding hydrogens is 264 g/mol. The number of nitrogens with two attached hydrogens (primary N) is 1. The zero-order valence-electron chi connectivity index (χ0n) is 12.3. The second-order valence-electron chi connectivity index (χ2n) is 4.84. The monoisotopic (exact) mass is 284 g/mol. The van der Waals surface area contributed by atoms with E-state index in [0.717, 1.165) is 16.9 Å². The van der Waals surface area contributed by atoms with Crippen LogP contribution in [0.3, 0.4) is 0 Å². The Morgan fingerprint density at radius 2 is 1.86 bits per heavy atom. The summed E-state index contributed by atoms with van der Waals surface area (Å²) in [7, 11) is 1.62. The number of hydrogen-bond donors (Lipinski definition) is 2. The van der Waals surface area contributed by atoms with Crippen molar-refractivity contribution >= 4 is 5.91 Å². The molecule has 0 aromatic heterocycles. The SMILES string of the molecule is COc1ccccc1C(C)NC(=O)c1ccc(CN)cc1. The number of benzene rings is 2. The van der Waals surface area contributed by atoms with Crippen LogP contribution in [-0.2, 0) is 6.54 Å². The molecule has 0 heterocycles. The molecule has 4 nitrogen and oxygen atoms in total. The van der Waals surface area contributed by atoms with Gasteiger partial charge in [0.1, 0.15) is 5.75 Å². The lowest BCUT2D eigenvalue weighted by Gasteiger charge is -2.17. The second-order valence-corrected chi connectivity index (χ2v) is 4.84. The molecule has 0 bridgehead atoms. The minimum absolute atomic E-state index is 0.114. The Hall–Kier alpha value is -2.33. The summed E-state index contributed by atoms with van der Waals surface area (Å²) >= 11 is 0. The Bertz CT molecular complexity index is 608. The van der Waals surface area contributed by atoms with Gasteiger partial charge in [-0.15, -0.1) is 0 Å². The summed E-state index contributed by atoms with van der Waals surface area (Å²) in [6, 6.07) is 14.8. The minimum Gasteiger partial charge on any atom is -0.496 e. The maximum Gasteiger partial charge on any atom is 0.251 e. The third-order valence-electron chi connectivity index (χ3n) is 3.40. The highest BCUT2D eigenvalue weighted by molar-refractivity contribution is 5.94. The van der Waals surface area contributed by atoms with Crippen molar-refractivity contribution in [2.75, 3.05) is 7.11 Å². The summed E-state index contributed by atoms with van der Waals surface area (Å²) in [5.74, 6) is 0.653. The molecule has 110 valence electrons. The summed E-state index contributed by atoms with van der Waals surface area (Å²) in [6.45, 7) is 2.41. The van der Waals surface area contributed by atoms with Gasteiger partial charge in [-0.05, 0) is 30.7 Å². The van der Waals surface area contributed by atoms with Crippen molar-refractivity contribution in [3.05, 3.63) is 65.2 Å². The number of ether oxygens (including phenoxy) is 1. The summed E-state index contributed by atoms with van der Waals surface area (Å²) in [5.41, 5.74) is 8.12. The summed E-state index contributed by atoms with van der Waals surface area (Å²) < 4.78 is 5.32. The third-order valence-corrected chi connectivity index (χ3v) is 3.40. The van der Waals surface area contributed by atoms with E-state index in [4.69, 9.17) is 10.5 Å². The highest BCUT2D eigenvalue weighted by Gasteiger charge is 2.14. The summed E-state index contributed by atoms with van der Waals surface area (Å²) in [6.07, 6.45) is 0. The van der Waals surface area contributed by atoms with Gasteiger partial charge in [-0.1, -0.05) is 30.3 Å². The number of nitrogens with one attached hydrogen (secondary N) is 1. The van der Waals surface area contributed by atoms with Gasteiger partial charge in [0.25, 0.3) is 5.91 Å². The lowest BCUT2D eigenvalue weighted by molar-refractivity contribution is 0.0939. The number of amides is 1. The molecule has 4 heteroatoms. The Balaban J connectivity index is 2.11. The average Bonchev–Trinajstić information content (AvgIpc) is 2.54. The molecule has 0 fully saturated rings. The molecule has 0 aliphatic carbocycles. The van der Waals surface area contributed by atoms with Crippen molar-refractivity contribution in [1.82, 2.24) is 5.32 Å². The smallest absolute Gasteiger partial charge is 0.251 e. The first-order valence-electron chi connectivity index (χ1n) is 6.88. The molecule has 2 rings (SSSR count). The van der Waals surface area contributed by atoms with Gasteiger partial charge in [0.05, 0.1) is 13.2 Å². The van der Waals surface area contributed by atoms with Gasteiger partial charge in [0.15, 0.2) is 0 Å². The largest absolute Gasteiger partial charge is 0.496 e. The molecule has 1 amide bonds. The van der Waals surface area contributed by atoms with E-state index in [0.29, 0.717) is 12.1 Å². The van der Waals surface area contributed by atoms with Crippen molar-refractivity contribution in [2.45, 2.75) is 19.5 Å². The normalized spacial score (nSPS) is 11.8. The number of carbonyl (C=O) groups excluding carboxylic acids is 1. The number of methoxy groups -OCH3 is 1. The molecule has 0 radical (unpaired) electrons. The second kappa shape index (κ2) is 6.90. The zero-order valence-corrected chi connectivity index (χ0v) is 12.3. The first-order chi connectivity index (χ1) is 10.2. The molecule has 3 N–H and O–H groups in total. The molecule has 2 aromatic rings. The standard InChI is InChI=1S/C17H20N2O2/c1-12(15-5-3-4-6-16(15)21-2)19-17(20)14-9-7-13(11-18)8-10-14/h3-10,12H,11,18H2,1-2H3,(H,19,20). The van der Waals surface area contributed by atoms with Gasteiger partial charge in [-0.2, -0.15) is 0 Å². The van der Waals surface area contributed by atoms with Crippen molar-refractivity contribution in [3.63, 3.8) is 0 Å². The van der Waals surface area contributed by atoms with Crippen LogP contribution in [0.5, 0.6) is 5.75 Å². The van der Waals surface area contributed by atoms with E-state index >= 15 is 0 Å². The lowest BCUT2D eigenvalue weighted by atomic mass is 10.1. The van der Waals surface area contributed by atoms with Gasteiger partial charge in [0, 0.05) is 17.7 Å². The molecular formula is C17H20N2O2. The van der Waals surface area contributed by atoms with Crippen molar-refractivity contribution in [2.24, 2.45) is 5.73 Å². The van der Waals surface area contributed by atoms with Gasteiger partial charge >= 0.3 is 0 Å². The van der Waals surface area contributed by atoms with E-state index in [-0.39, 0.29) is 11.9 Å². The van der Waals surface area contributed by atoms with Crippen LogP contribution in [0.15, 0.2) is 48.5 Å². The predicted molar refractivity (Wildman–Crippen MR) is 83.2 cm³/mol. The number of para-hydroxylation sites is 1. The summed E-state index contributed by atoms with van der Waals surface area (Å²) in [4.78, 5) is 12.2. The Morgan fingerprint density at radius 3 is 2.48 bits per heavy atom. The Labute approximate surface area is 124 Å². The highest BCUT2D eigenvalue weighted by atomic mass is 16.5. The van der Waals surface area contributed by atoms with Gasteiger partial charge in [0.2, 0.25) is 0 Å². The van der Waals surface area contributed by atoms with Crippen LogP contribution >= 0.6 is 0 Å². The van der Waals surface area contributed by atoms with Crippen LogP contribution in [0, 0.1) is 0 Å². The third kappa shape index (κ3) is 3.61. The van der Waals surface area contributed by atoms with Gasteiger partial charge in [-0.3, -0.25) is 4.79 Å². The molecule has 1 unspecified atom stereocenters. The fourth-order valence-electron chi connectivity index (χ4n) is 2.17. The van der Waals surface area contributed by atoms with E-state index in [1.54, 1.807) is 19.2 Å². The van der Waals surface area contributed by atoms with Crippen LogP contribution in [0.25, 0.3) is 0 Å². The van der Waals surface area contributed by atoms with Crippen molar-refractivity contribution in [3.8, 4) is 5.75 Å². The fourth-order valence-corrected chi connectivity index (χ4v) is 2.17. The highest BCUT2D eigenvalue weighted by Crippen LogP contribution is 2.24. The van der Waals surface area contributed by atoms with Crippen LogP contribution in [0.4, 0.5) is 0 Å². The van der Waals surface area contributed by atoms with Crippen molar-refractivity contribution < 1.29 is 9.53 Å². The molecule has 0 saturated heterocycles. The fraction of sp³-hybridized carbons (Fsp3) is 0.235. The van der Waals surface area contributed by atoms with E-state index in [1.165, 1.54) is 0 Å². The molecule has 21 heavy (non-hydrogen) atoms. The molecule has 0 spiro atoms. The van der Waals surface area contributed by atoms with Crippen molar-refractivity contribution in [1.29, 1.82) is 0 Å². The maximum atomic E-state index is 12.2. The van der Waals surface area contributed by atoms with E-state index in [9.17, 15) is 4.79 Å². The maximum absolute atomic E-state index is 12.2. The minimum atomic E-state index is -0.136. The predicted octanol–water partition coefficient (Wildman–Crippen LogP) is 2.64. The first kappa shape index (κ1) is 15.1. The van der Waals surface area contributed by atoms with E-state index in [2.05, 4.69) is 5.32 Å². The molecule has 1 atom stereocenters. The molecule has 0 aliphatic rings. The Morgan fingerprint density at radius 1 is 1.19 bits per heavy atom. The number of hydrogen-bond acceptors (Lipinski definition) is 3. The Kier molecular flexibility index (Phi) is 4.95. The zero-order chi connectivity index (χ0) is 15.2. The lowest BCUT2D eigenvalue weighted by Crippen LogP contribution is -2.26. The first-order valence-corrected chi connectivity index (χ1v) is 6.88.